The highest BCUT2D eigenvalue weighted by atomic mass is 19.1. The third-order valence-electron chi connectivity index (χ3n) is 6.63. The number of hydrogen-bond acceptors (Lipinski definition) is 7. The zero-order valence-corrected chi connectivity index (χ0v) is 21.4. The lowest BCUT2D eigenvalue weighted by Crippen LogP contribution is -2.16. The number of fused-ring (bicyclic) bond motifs is 1. The summed E-state index contributed by atoms with van der Waals surface area (Å²) in [6, 6.07) is 7.95. The Kier molecular flexibility index (Phi) is 7.69. The first-order chi connectivity index (χ1) is 18.4. The van der Waals surface area contributed by atoms with E-state index in [2.05, 4.69) is 15.1 Å². The number of esters is 1. The number of halogens is 2. The van der Waals surface area contributed by atoms with Crippen molar-refractivity contribution in [3.05, 3.63) is 71.4 Å². The molecule has 4 aromatic rings. The fourth-order valence-electron chi connectivity index (χ4n) is 4.41. The molecule has 0 N–H and O–H groups in total. The van der Waals surface area contributed by atoms with Crippen molar-refractivity contribution in [3.8, 4) is 11.3 Å². The second-order valence-corrected chi connectivity index (χ2v) is 9.53. The largest absolute Gasteiger partial charge is 0.459 e. The van der Waals surface area contributed by atoms with Gasteiger partial charge in [-0.1, -0.05) is 0 Å². The molecule has 0 unspecified atom stereocenters. The van der Waals surface area contributed by atoms with Gasteiger partial charge in [0.15, 0.2) is 0 Å². The van der Waals surface area contributed by atoms with Gasteiger partial charge >= 0.3 is 5.97 Å². The van der Waals surface area contributed by atoms with Crippen LogP contribution in [0, 0.1) is 18.6 Å². The standard InChI is InChI=1S/C22H21F2N3O3.C6H8N2/c1-12-20(11-30-13(2)28)27-22-19(25-12)10-18(14-5-7-29-8-6-14)26-21(22)16-4-3-15(23)9-17(16)24;1-4-7-8(5-1)6-2-3-6/h3-4,9-10,14H,5-8,11H2,1-2H3;1,4-6H,2-3H2. The first-order valence-corrected chi connectivity index (χ1v) is 12.7. The molecule has 1 aromatic carbocycles. The van der Waals surface area contributed by atoms with Gasteiger partial charge in [-0.15, -0.1) is 0 Å². The lowest BCUT2D eigenvalue weighted by molar-refractivity contribution is -0.142. The fourth-order valence-corrected chi connectivity index (χ4v) is 4.41. The number of aryl methyl sites for hydroxylation is 1. The number of pyridine rings is 1. The fraction of sp³-hybridized carbons (Fsp3) is 0.393. The smallest absolute Gasteiger partial charge is 0.303 e. The molecule has 1 saturated carbocycles. The molecule has 8 nitrogen and oxygen atoms in total. The van der Waals surface area contributed by atoms with Crippen LogP contribution in [0.5, 0.6) is 0 Å². The summed E-state index contributed by atoms with van der Waals surface area (Å²) in [5.41, 5.74) is 3.24. The molecule has 38 heavy (non-hydrogen) atoms. The van der Waals surface area contributed by atoms with Gasteiger partial charge in [0.25, 0.3) is 0 Å². The maximum absolute atomic E-state index is 14.7. The van der Waals surface area contributed by atoms with Crippen molar-refractivity contribution in [1.29, 1.82) is 0 Å². The lowest BCUT2D eigenvalue weighted by Gasteiger charge is -2.22. The van der Waals surface area contributed by atoms with Crippen molar-refractivity contribution < 1.29 is 23.0 Å². The van der Waals surface area contributed by atoms with Crippen LogP contribution >= 0.6 is 0 Å². The Balaban J connectivity index is 0.000000310. The van der Waals surface area contributed by atoms with E-state index >= 15 is 0 Å². The van der Waals surface area contributed by atoms with Crippen LogP contribution in [-0.2, 0) is 20.9 Å². The maximum Gasteiger partial charge on any atom is 0.303 e. The van der Waals surface area contributed by atoms with E-state index in [1.54, 1.807) is 6.92 Å². The zero-order chi connectivity index (χ0) is 26.6. The molecule has 0 radical (unpaired) electrons. The molecule has 0 spiro atoms. The van der Waals surface area contributed by atoms with Crippen molar-refractivity contribution in [1.82, 2.24) is 24.7 Å². The molecule has 6 rings (SSSR count). The topological polar surface area (TPSA) is 92.0 Å². The summed E-state index contributed by atoms with van der Waals surface area (Å²) in [5.74, 6) is -1.67. The quantitative estimate of drug-likeness (QED) is 0.322. The van der Waals surface area contributed by atoms with E-state index in [9.17, 15) is 13.6 Å². The molecular formula is C28H29F2N5O3. The minimum Gasteiger partial charge on any atom is -0.459 e. The Bertz CT molecular complexity index is 1430. The Labute approximate surface area is 219 Å². The Morgan fingerprint density at radius 3 is 2.55 bits per heavy atom. The van der Waals surface area contributed by atoms with E-state index in [1.807, 2.05) is 29.2 Å². The minimum atomic E-state index is -0.725. The molecule has 1 saturated heterocycles. The van der Waals surface area contributed by atoms with E-state index in [0.717, 1.165) is 30.6 Å². The Morgan fingerprint density at radius 2 is 1.89 bits per heavy atom. The molecule has 2 aliphatic rings. The number of aromatic nitrogens is 5. The van der Waals surface area contributed by atoms with Crippen molar-refractivity contribution in [3.63, 3.8) is 0 Å². The summed E-state index contributed by atoms with van der Waals surface area (Å²) >= 11 is 0. The summed E-state index contributed by atoms with van der Waals surface area (Å²) in [6.07, 6.45) is 8.11. The number of rotatable bonds is 5. The molecule has 2 fully saturated rings. The van der Waals surface area contributed by atoms with E-state index in [4.69, 9.17) is 14.5 Å². The number of nitrogens with zero attached hydrogens (tertiary/aromatic N) is 5. The number of benzene rings is 1. The summed E-state index contributed by atoms with van der Waals surface area (Å²) in [7, 11) is 0. The zero-order valence-electron chi connectivity index (χ0n) is 21.4. The minimum absolute atomic E-state index is 0.0445. The second-order valence-electron chi connectivity index (χ2n) is 9.53. The maximum atomic E-state index is 14.7. The SMILES string of the molecule is CC(=O)OCc1nc2c(-c3ccc(F)cc3F)nc(C3CCOCC3)cc2nc1C.c1cnn(C2CC2)c1. The van der Waals surface area contributed by atoms with Gasteiger partial charge in [-0.25, -0.2) is 23.7 Å². The van der Waals surface area contributed by atoms with Crippen LogP contribution in [0.25, 0.3) is 22.3 Å². The number of ether oxygens (including phenoxy) is 2. The molecule has 4 heterocycles. The van der Waals surface area contributed by atoms with Crippen LogP contribution in [0.1, 0.15) is 61.6 Å². The van der Waals surface area contributed by atoms with Crippen molar-refractivity contribution >= 4 is 17.0 Å². The van der Waals surface area contributed by atoms with E-state index < -0.39 is 17.6 Å². The van der Waals surface area contributed by atoms with Crippen LogP contribution in [0.3, 0.4) is 0 Å². The number of carbonyl (C=O) groups is 1. The van der Waals surface area contributed by atoms with Crippen molar-refractivity contribution in [2.24, 2.45) is 0 Å². The van der Waals surface area contributed by atoms with Gasteiger partial charge < -0.3 is 9.47 Å². The highest BCUT2D eigenvalue weighted by Gasteiger charge is 2.23. The average molecular weight is 522 g/mol. The predicted octanol–water partition coefficient (Wildman–Crippen LogP) is 5.45. The van der Waals surface area contributed by atoms with E-state index in [0.29, 0.717) is 41.3 Å². The van der Waals surface area contributed by atoms with Crippen LogP contribution < -0.4 is 0 Å². The molecule has 3 aromatic heterocycles. The highest BCUT2D eigenvalue weighted by molar-refractivity contribution is 5.89. The molecular weight excluding hydrogens is 492 g/mol. The monoisotopic (exact) mass is 521 g/mol. The summed E-state index contributed by atoms with van der Waals surface area (Å²) in [4.78, 5) is 25.1. The third-order valence-corrected chi connectivity index (χ3v) is 6.63. The van der Waals surface area contributed by atoms with E-state index in [1.165, 1.54) is 31.9 Å². The van der Waals surface area contributed by atoms with Gasteiger partial charge in [-0.3, -0.25) is 9.48 Å². The molecule has 1 aliphatic carbocycles. The van der Waals surface area contributed by atoms with Gasteiger partial charge in [0.1, 0.15) is 29.5 Å². The lowest BCUT2D eigenvalue weighted by atomic mass is 9.94. The first kappa shape index (κ1) is 25.8. The first-order valence-electron chi connectivity index (χ1n) is 12.7. The van der Waals surface area contributed by atoms with Crippen LogP contribution in [-0.4, -0.2) is 43.9 Å². The molecule has 0 amide bonds. The summed E-state index contributed by atoms with van der Waals surface area (Å²) < 4.78 is 40.7. The molecule has 10 heteroatoms. The van der Waals surface area contributed by atoms with Crippen LogP contribution in [0.15, 0.2) is 42.7 Å². The Morgan fingerprint density at radius 1 is 1.11 bits per heavy atom. The van der Waals surface area contributed by atoms with Gasteiger partial charge in [-0.05, 0) is 56.9 Å². The van der Waals surface area contributed by atoms with Crippen LogP contribution in [0.2, 0.25) is 0 Å². The average Bonchev–Trinajstić information content (AvgIpc) is 3.61. The van der Waals surface area contributed by atoms with Gasteiger partial charge in [0.2, 0.25) is 0 Å². The molecule has 0 bridgehead atoms. The van der Waals surface area contributed by atoms with Gasteiger partial charge in [0, 0.05) is 55.8 Å². The molecule has 0 atom stereocenters. The third kappa shape index (κ3) is 6.02. The molecule has 198 valence electrons. The number of carbonyl (C=O) groups excluding carboxylic acids is 1. The van der Waals surface area contributed by atoms with Gasteiger partial charge in [-0.2, -0.15) is 5.10 Å². The normalized spacial score (nSPS) is 15.7. The van der Waals surface area contributed by atoms with Crippen molar-refractivity contribution in [2.75, 3.05) is 13.2 Å². The highest BCUT2D eigenvalue weighted by Crippen LogP contribution is 2.34. The van der Waals surface area contributed by atoms with Gasteiger partial charge in [0.05, 0.1) is 22.9 Å². The predicted molar refractivity (Wildman–Crippen MR) is 136 cm³/mol. The second kappa shape index (κ2) is 11.3. The van der Waals surface area contributed by atoms with Crippen molar-refractivity contribution in [2.45, 2.75) is 58.1 Å². The summed E-state index contributed by atoms with van der Waals surface area (Å²) in [6.45, 7) is 4.31. The molecule has 1 aliphatic heterocycles. The van der Waals surface area contributed by atoms with E-state index in [-0.39, 0.29) is 18.1 Å². The summed E-state index contributed by atoms with van der Waals surface area (Å²) in [5, 5.41) is 4.09. The Hall–Kier alpha value is -3.79. The van der Waals surface area contributed by atoms with Crippen LogP contribution in [0.4, 0.5) is 8.78 Å². The number of hydrogen-bond donors (Lipinski definition) is 0.